The number of aryl methyl sites for hydroxylation is 1. The Hall–Kier alpha value is -2.96. The van der Waals surface area contributed by atoms with E-state index in [0.29, 0.717) is 17.8 Å². The third-order valence-corrected chi connectivity index (χ3v) is 4.99. The summed E-state index contributed by atoms with van der Waals surface area (Å²) in [7, 11) is 1.86. The van der Waals surface area contributed by atoms with Crippen molar-refractivity contribution in [3.8, 4) is 11.3 Å². The van der Waals surface area contributed by atoms with Gasteiger partial charge in [0.05, 0.1) is 12.2 Å². The van der Waals surface area contributed by atoms with Crippen LogP contribution in [-0.4, -0.2) is 32.3 Å². The monoisotopic (exact) mass is 368 g/mol. The van der Waals surface area contributed by atoms with Crippen molar-refractivity contribution in [3.63, 3.8) is 0 Å². The minimum Gasteiger partial charge on any atom is -0.350 e. The first-order chi connectivity index (χ1) is 13.1. The fraction of sp³-hybridized carbons (Fsp3) is 0.350. The number of likely N-dealkylation sites (tertiary alicyclic amines) is 1. The van der Waals surface area contributed by atoms with Gasteiger partial charge in [0.2, 0.25) is 5.76 Å². The van der Waals surface area contributed by atoms with E-state index in [9.17, 15) is 9.18 Å². The van der Waals surface area contributed by atoms with Gasteiger partial charge in [-0.1, -0.05) is 30.1 Å². The van der Waals surface area contributed by atoms with Crippen LogP contribution in [-0.2, 0) is 7.05 Å². The maximum Gasteiger partial charge on any atom is 0.292 e. The zero-order valence-electron chi connectivity index (χ0n) is 15.1. The molecule has 1 saturated heterocycles. The summed E-state index contributed by atoms with van der Waals surface area (Å²) in [4.78, 5) is 15.0. The maximum absolute atomic E-state index is 14.0. The number of aromatic nitrogens is 3. The molecule has 0 bridgehead atoms. The van der Waals surface area contributed by atoms with Crippen molar-refractivity contribution in [2.45, 2.75) is 31.7 Å². The molecule has 0 aliphatic carbocycles. The van der Waals surface area contributed by atoms with E-state index in [1.54, 1.807) is 29.1 Å². The van der Waals surface area contributed by atoms with Gasteiger partial charge in [-0.05, 0) is 25.0 Å². The number of halogens is 1. The number of hydrogen-bond acceptors (Lipinski definition) is 4. The highest BCUT2D eigenvalue weighted by atomic mass is 19.1. The molecule has 140 valence electrons. The highest BCUT2D eigenvalue weighted by molar-refractivity contribution is 5.92. The number of benzene rings is 1. The van der Waals surface area contributed by atoms with E-state index >= 15 is 0 Å². The van der Waals surface area contributed by atoms with Gasteiger partial charge in [0.15, 0.2) is 0 Å². The van der Waals surface area contributed by atoms with Crippen LogP contribution >= 0.6 is 0 Å². The van der Waals surface area contributed by atoms with E-state index in [1.165, 1.54) is 12.1 Å². The van der Waals surface area contributed by atoms with Crippen molar-refractivity contribution >= 4 is 5.91 Å². The van der Waals surface area contributed by atoms with Gasteiger partial charge in [0.1, 0.15) is 11.5 Å². The Morgan fingerprint density at radius 3 is 2.89 bits per heavy atom. The fourth-order valence-electron chi connectivity index (χ4n) is 3.62. The Balaban J connectivity index is 1.63. The molecule has 2 aromatic heterocycles. The first kappa shape index (κ1) is 17.5. The van der Waals surface area contributed by atoms with E-state index in [4.69, 9.17) is 4.52 Å². The molecular formula is C20H21FN4O2. The Morgan fingerprint density at radius 1 is 1.26 bits per heavy atom. The third kappa shape index (κ3) is 3.49. The lowest BCUT2D eigenvalue weighted by Gasteiger charge is -2.28. The smallest absolute Gasteiger partial charge is 0.292 e. The van der Waals surface area contributed by atoms with Crippen molar-refractivity contribution in [3.05, 3.63) is 59.9 Å². The summed E-state index contributed by atoms with van der Waals surface area (Å²) < 4.78 is 21.0. The summed E-state index contributed by atoms with van der Waals surface area (Å²) in [6, 6.07) is 7.79. The molecule has 1 fully saturated rings. The second kappa shape index (κ2) is 7.34. The summed E-state index contributed by atoms with van der Waals surface area (Å²) in [5.41, 5.74) is 1.66. The Bertz CT molecular complexity index is 949. The highest BCUT2D eigenvalue weighted by Gasteiger charge is 2.30. The normalized spacial score (nSPS) is 17.7. The van der Waals surface area contributed by atoms with Crippen LogP contribution in [0.25, 0.3) is 11.3 Å². The minimum atomic E-state index is -0.396. The number of hydrogen-bond donors (Lipinski definition) is 0. The van der Waals surface area contributed by atoms with Gasteiger partial charge >= 0.3 is 0 Å². The maximum atomic E-state index is 14.0. The summed E-state index contributed by atoms with van der Waals surface area (Å²) in [5.74, 6) is -0.488. The van der Waals surface area contributed by atoms with Gasteiger partial charge in [-0.25, -0.2) is 4.39 Å². The molecule has 1 aliphatic rings. The predicted molar refractivity (Wildman–Crippen MR) is 97.4 cm³/mol. The van der Waals surface area contributed by atoms with Crippen molar-refractivity contribution in [2.24, 2.45) is 7.05 Å². The molecule has 3 heterocycles. The average molecular weight is 368 g/mol. The van der Waals surface area contributed by atoms with Crippen LogP contribution in [0.1, 0.15) is 47.8 Å². The summed E-state index contributed by atoms with van der Waals surface area (Å²) in [6.07, 6.45) is 7.71. The predicted octanol–water partition coefficient (Wildman–Crippen LogP) is 3.97. The molecule has 1 atom stereocenters. The van der Waals surface area contributed by atoms with E-state index in [2.05, 4.69) is 10.3 Å². The van der Waals surface area contributed by atoms with Gasteiger partial charge in [0, 0.05) is 37.0 Å². The second-order valence-electron chi connectivity index (χ2n) is 6.87. The average Bonchev–Trinajstić information content (AvgIpc) is 3.25. The highest BCUT2D eigenvalue weighted by Crippen LogP contribution is 2.32. The van der Waals surface area contributed by atoms with Gasteiger partial charge in [-0.2, -0.15) is 5.10 Å². The molecule has 0 radical (unpaired) electrons. The van der Waals surface area contributed by atoms with E-state index in [-0.39, 0.29) is 17.7 Å². The number of amides is 1. The van der Waals surface area contributed by atoms with Crippen LogP contribution in [0.5, 0.6) is 0 Å². The molecule has 0 N–H and O–H groups in total. The number of carbonyl (C=O) groups is 1. The molecule has 1 aromatic carbocycles. The molecule has 4 rings (SSSR count). The Kier molecular flexibility index (Phi) is 4.75. The molecule has 1 aliphatic heterocycles. The van der Waals surface area contributed by atoms with Crippen LogP contribution in [0.2, 0.25) is 0 Å². The lowest BCUT2D eigenvalue weighted by molar-refractivity contribution is 0.0638. The topological polar surface area (TPSA) is 64.2 Å². The fourth-order valence-corrected chi connectivity index (χ4v) is 3.62. The second-order valence-corrected chi connectivity index (χ2v) is 6.87. The summed E-state index contributed by atoms with van der Waals surface area (Å²) in [6.45, 7) is 0.647. The molecule has 1 amide bonds. The molecule has 0 spiro atoms. The van der Waals surface area contributed by atoms with Gasteiger partial charge in [-0.3, -0.25) is 9.48 Å². The quantitative estimate of drug-likeness (QED) is 0.702. The molecule has 7 heteroatoms. The van der Waals surface area contributed by atoms with E-state index in [1.807, 2.05) is 18.1 Å². The number of carbonyl (C=O) groups excluding carboxylic acids is 1. The van der Waals surface area contributed by atoms with Crippen LogP contribution in [0.3, 0.4) is 0 Å². The molecule has 6 nitrogen and oxygen atoms in total. The SMILES string of the molecule is Cn1cc([C@@H]2CCCCCN2C(=O)c2cc(-c3ccccc3F)no2)cn1. The first-order valence-corrected chi connectivity index (χ1v) is 9.14. The first-order valence-electron chi connectivity index (χ1n) is 9.14. The van der Waals surface area contributed by atoms with Crippen molar-refractivity contribution in [1.82, 2.24) is 19.8 Å². The van der Waals surface area contributed by atoms with Gasteiger partial charge in [-0.15, -0.1) is 0 Å². The van der Waals surface area contributed by atoms with E-state index < -0.39 is 5.82 Å². The Morgan fingerprint density at radius 2 is 2.11 bits per heavy atom. The molecular weight excluding hydrogens is 347 g/mol. The molecule has 27 heavy (non-hydrogen) atoms. The molecule has 0 unspecified atom stereocenters. The van der Waals surface area contributed by atoms with Crippen molar-refractivity contribution in [2.75, 3.05) is 6.54 Å². The van der Waals surface area contributed by atoms with Crippen LogP contribution in [0, 0.1) is 5.82 Å². The standard InChI is InChI=1S/C20H21FN4O2/c1-24-13-14(12-22-24)18-9-3-2-6-10-25(18)20(26)19-11-17(23-27-19)15-7-4-5-8-16(15)21/h4-5,7-8,11-13,18H,2-3,6,9-10H2,1H3/t18-/m0/s1. The van der Waals surface area contributed by atoms with Crippen molar-refractivity contribution < 1.29 is 13.7 Å². The van der Waals surface area contributed by atoms with Crippen LogP contribution in [0.4, 0.5) is 4.39 Å². The molecule has 3 aromatic rings. The lowest BCUT2D eigenvalue weighted by Crippen LogP contribution is -2.34. The van der Waals surface area contributed by atoms with Crippen LogP contribution < -0.4 is 0 Å². The van der Waals surface area contributed by atoms with E-state index in [0.717, 1.165) is 31.2 Å². The third-order valence-electron chi connectivity index (χ3n) is 4.99. The summed E-state index contributed by atoms with van der Waals surface area (Å²) in [5, 5.41) is 8.15. The largest absolute Gasteiger partial charge is 0.350 e. The van der Waals surface area contributed by atoms with Crippen LogP contribution in [0.15, 0.2) is 47.2 Å². The lowest BCUT2D eigenvalue weighted by atomic mass is 10.0. The number of rotatable bonds is 3. The Labute approximate surface area is 156 Å². The van der Waals surface area contributed by atoms with Gasteiger partial charge < -0.3 is 9.42 Å². The van der Waals surface area contributed by atoms with Gasteiger partial charge in [0.25, 0.3) is 5.91 Å². The summed E-state index contributed by atoms with van der Waals surface area (Å²) >= 11 is 0. The minimum absolute atomic E-state index is 0.0456. The zero-order valence-corrected chi connectivity index (χ0v) is 15.1. The number of nitrogens with zero attached hydrogens (tertiary/aromatic N) is 4. The van der Waals surface area contributed by atoms with Crippen molar-refractivity contribution in [1.29, 1.82) is 0 Å². The zero-order chi connectivity index (χ0) is 18.8. The molecule has 0 saturated carbocycles.